The van der Waals surface area contributed by atoms with Crippen LogP contribution in [0.15, 0.2) is 24.3 Å². The number of amides is 1. The number of ether oxygens (including phenoxy) is 1. The number of H-pyrrole nitrogens is 1. The third kappa shape index (κ3) is 3.06. The van der Waals surface area contributed by atoms with Gasteiger partial charge in [0.25, 0.3) is 5.91 Å². The number of aromatic amines is 1. The van der Waals surface area contributed by atoms with Crippen LogP contribution in [0.3, 0.4) is 0 Å². The van der Waals surface area contributed by atoms with E-state index in [2.05, 4.69) is 10.3 Å². The molecule has 5 nitrogen and oxygen atoms in total. The second-order valence-corrected chi connectivity index (χ2v) is 5.28. The molecule has 0 bridgehead atoms. The van der Waals surface area contributed by atoms with Gasteiger partial charge in [-0.1, -0.05) is 0 Å². The molecule has 1 saturated heterocycles. The van der Waals surface area contributed by atoms with Crippen LogP contribution < -0.4 is 5.32 Å². The summed E-state index contributed by atoms with van der Waals surface area (Å²) in [7, 11) is 1.74. The molecule has 1 atom stereocenters. The van der Waals surface area contributed by atoms with Crippen molar-refractivity contribution in [2.75, 3.05) is 26.7 Å². The smallest absolute Gasteiger partial charge is 0.253 e. The third-order valence-electron chi connectivity index (χ3n) is 3.63. The van der Waals surface area contributed by atoms with E-state index in [9.17, 15) is 9.18 Å². The fraction of sp³-hybridized carbons (Fsp3) is 0.400. The number of benzene rings is 1. The van der Waals surface area contributed by atoms with Crippen LogP contribution in [0, 0.1) is 5.82 Å². The molecule has 1 aliphatic rings. The van der Waals surface area contributed by atoms with Gasteiger partial charge >= 0.3 is 0 Å². The molecule has 0 aliphatic carbocycles. The molecule has 6 heteroatoms. The van der Waals surface area contributed by atoms with Crippen LogP contribution in [0.25, 0.3) is 10.9 Å². The van der Waals surface area contributed by atoms with Gasteiger partial charge in [0.15, 0.2) is 0 Å². The summed E-state index contributed by atoms with van der Waals surface area (Å²) in [6.07, 6.45) is -0.425. The van der Waals surface area contributed by atoms with E-state index in [1.54, 1.807) is 18.0 Å². The van der Waals surface area contributed by atoms with Crippen molar-refractivity contribution in [3.05, 3.63) is 35.8 Å². The molecule has 1 aromatic carbocycles. The monoisotopic (exact) mass is 291 g/mol. The lowest BCUT2D eigenvalue weighted by atomic mass is 10.2. The first-order valence-electron chi connectivity index (χ1n) is 6.98. The number of halogens is 1. The number of carbonyl (C=O) groups excluding carboxylic acids is 1. The number of carbonyl (C=O) groups is 1. The van der Waals surface area contributed by atoms with Crippen LogP contribution in [-0.2, 0) is 16.1 Å². The van der Waals surface area contributed by atoms with Crippen LogP contribution in [0.2, 0.25) is 0 Å². The van der Waals surface area contributed by atoms with Gasteiger partial charge in [-0.2, -0.15) is 0 Å². The maximum absolute atomic E-state index is 13.2. The van der Waals surface area contributed by atoms with E-state index in [1.165, 1.54) is 12.1 Å². The number of nitrogens with one attached hydrogen (secondary N) is 2. The van der Waals surface area contributed by atoms with Crippen molar-refractivity contribution in [1.82, 2.24) is 15.2 Å². The van der Waals surface area contributed by atoms with E-state index >= 15 is 0 Å². The Bertz CT molecular complexity index is 649. The summed E-state index contributed by atoms with van der Waals surface area (Å²) in [6, 6.07) is 6.46. The number of rotatable bonds is 3. The highest BCUT2D eigenvalue weighted by molar-refractivity contribution is 5.82. The lowest BCUT2D eigenvalue weighted by Gasteiger charge is -2.27. The SMILES string of the molecule is CN(Cc1cc2cc(F)ccc2[nH]1)C(=O)C1CNCCO1. The molecule has 1 fully saturated rings. The predicted molar refractivity (Wildman–Crippen MR) is 77.3 cm³/mol. The van der Waals surface area contributed by atoms with E-state index in [0.717, 1.165) is 23.1 Å². The average Bonchev–Trinajstić information content (AvgIpc) is 2.88. The zero-order valence-corrected chi connectivity index (χ0v) is 11.9. The van der Waals surface area contributed by atoms with E-state index in [-0.39, 0.29) is 11.7 Å². The molecule has 21 heavy (non-hydrogen) atoms. The Hall–Kier alpha value is -1.92. The van der Waals surface area contributed by atoms with E-state index in [4.69, 9.17) is 4.74 Å². The third-order valence-corrected chi connectivity index (χ3v) is 3.63. The molecule has 3 rings (SSSR count). The predicted octanol–water partition coefficient (Wildman–Crippen LogP) is 1.25. The Labute approximate surface area is 122 Å². The van der Waals surface area contributed by atoms with Gasteiger partial charge in [-0.25, -0.2) is 4.39 Å². The minimum atomic E-state index is -0.425. The standard InChI is InChI=1S/C15H18FN3O2/c1-19(15(20)14-8-17-4-5-21-14)9-12-7-10-6-11(16)2-3-13(10)18-12/h2-3,6-7,14,17-18H,4-5,8-9H2,1H3. The highest BCUT2D eigenvalue weighted by Gasteiger charge is 2.25. The summed E-state index contributed by atoms with van der Waals surface area (Å²) < 4.78 is 18.6. The number of hydrogen-bond acceptors (Lipinski definition) is 3. The normalized spacial score (nSPS) is 18.9. The largest absolute Gasteiger partial charge is 0.366 e. The number of likely N-dealkylation sites (N-methyl/N-ethyl adjacent to an activating group) is 1. The van der Waals surface area contributed by atoms with Crippen molar-refractivity contribution < 1.29 is 13.9 Å². The van der Waals surface area contributed by atoms with Crippen LogP contribution in [0.4, 0.5) is 4.39 Å². The Morgan fingerprint density at radius 3 is 3.10 bits per heavy atom. The molecule has 1 unspecified atom stereocenters. The Kier molecular flexibility index (Phi) is 3.90. The molecule has 0 radical (unpaired) electrons. The summed E-state index contributed by atoms with van der Waals surface area (Å²) in [5.74, 6) is -0.314. The van der Waals surface area contributed by atoms with Crippen LogP contribution >= 0.6 is 0 Å². The number of hydrogen-bond donors (Lipinski definition) is 2. The van der Waals surface area contributed by atoms with Crippen LogP contribution in [-0.4, -0.2) is 48.6 Å². The first kappa shape index (κ1) is 14.0. The summed E-state index contributed by atoms with van der Waals surface area (Å²) >= 11 is 0. The van der Waals surface area contributed by atoms with Crippen molar-refractivity contribution in [2.24, 2.45) is 0 Å². The topological polar surface area (TPSA) is 57.4 Å². The van der Waals surface area contributed by atoms with Crippen molar-refractivity contribution in [3.63, 3.8) is 0 Å². The molecule has 1 amide bonds. The van der Waals surface area contributed by atoms with Crippen molar-refractivity contribution in [1.29, 1.82) is 0 Å². The van der Waals surface area contributed by atoms with E-state index in [1.807, 2.05) is 6.07 Å². The van der Waals surface area contributed by atoms with Gasteiger partial charge in [0.1, 0.15) is 11.9 Å². The van der Waals surface area contributed by atoms with Crippen molar-refractivity contribution in [3.8, 4) is 0 Å². The molecule has 0 saturated carbocycles. The van der Waals surface area contributed by atoms with Gasteiger partial charge in [-0.3, -0.25) is 4.79 Å². The molecule has 112 valence electrons. The molecule has 2 N–H and O–H groups in total. The first-order chi connectivity index (χ1) is 10.1. The van der Waals surface area contributed by atoms with Crippen molar-refractivity contribution >= 4 is 16.8 Å². The molecular formula is C15H18FN3O2. The van der Waals surface area contributed by atoms with E-state index < -0.39 is 6.10 Å². The second-order valence-electron chi connectivity index (χ2n) is 5.28. The fourth-order valence-electron chi connectivity index (χ4n) is 2.55. The first-order valence-corrected chi connectivity index (χ1v) is 6.98. The zero-order chi connectivity index (χ0) is 14.8. The van der Waals surface area contributed by atoms with E-state index in [0.29, 0.717) is 19.7 Å². The molecule has 1 aromatic heterocycles. The maximum atomic E-state index is 13.2. The van der Waals surface area contributed by atoms with Gasteiger partial charge in [-0.05, 0) is 24.3 Å². The minimum Gasteiger partial charge on any atom is -0.366 e. The second kappa shape index (κ2) is 5.83. The zero-order valence-electron chi connectivity index (χ0n) is 11.9. The van der Waals surface area contributed by atoms with Gasteiger partial charge < -0.3 is 19.9 Å². The van der Waals surface area contributed by atoms with Crippen LogP contribution in [0.5, 0.6) is 0 Å². The van der Waals surface area contributed by atoms with Gasteiger partial charge in [0.05, 0.1) is 13.2 Å². The number of morpholine rings is 1. The molecule has 0 spiro atoms. The van der Waals surface area contributed by atoms with Gasteiger partial charge in [0.2, 0.25) is 0 Å². The average molecular weight is 291 g/mol. The molecular weight excluding hydrogens is 273 g/mol. The summed E-state index contributed by atoms with van der Waals surface area (Å²) in [4.78, 5) is 17.1. The van der Waals surface area contributed by atoms with Crippen molar-refractivity contribution in [2.45, 2.75) is 12.6 Å². The number of nitrogens with zero attached hydrogens (tertiary/aromatic N) is 1. The molecule has 2 heterocycles. The highest BCUT2D eigenvalue weighted by atomic mass is 19.1. The minimum absolute atomic E-state index is 0.0490. The fourth-order valence-corrected chi connectivity index (χ4v) is 2.55. The lowest BCUT2D eigenvalue weighted by molar-refractivity contribution is -0.144. The maximum Gasteiger partial charge on any atom is 0.253 e. The van der Waals surface area contributed by atoms with Gasteiger partial charge in [0, 0.05) is 36.7 Å². The molecule has 1 aliphatic heterocycles. The highest BCUT2D eigenvalue weighted by Crippen LogP contribution is 2.17. The number of fused-ring (bicyclic) bond motifs is 1. The summed E-state index contributed by atoms with van der Waals surface area (Å²) in [6.45, 7) is 2.31. The lowest BCUT2D eigenvalue weighted by Crippen LogP contribution is -2.48. The Balaban J connectivity index is 1.70. The van der Waals surface area contributed by atoms with Gasteiger partial charge in [-0.15, -0.1) is 0 Å². The van der Waals surface area contributed by atoms with Crippen LogP contribution in [0.1, 0.15) is 5.69 Å². The number of aromatic nitrogens is 1. The quantitative estimate of drug-likeness (QED) is 0.895. The summed E-state index contributed by atoms with van der Waals surface area (Å²) in [5, 5.41) is 3.95. The molecule has 2 aromatic rings. The summed E-state index contributed by atoms with van der Waals surface area (Å²) in [5.41, 5.74) is 1.73. The Morgan fingerprint density at radius 1 is 1.48 bits per heavy atom. The Morgan fingerprint density at radius 2 is 2.33 bits per heavy atom.